The summed E-state index contributed by atoms with van der Waals surface area (Å²) < 4.78 is 21.5. The number of anilines is 1. The maximum atomic E-state index is 13.6. The normalized spacial score (nSPS) is 22.6. The van der Waals surface area contributed by atoms with Crippen molar-refractivity contribution in [1.82, 2.24) is 19.4 Å². The molecule has 2 fully saturated rings. The number of pyridine rings is 1. The Kier molecular flexibility index (Phi) is 5.01. The van der Waals surface area contributed by atoms with Crippen LogP contribution < -0.4 is 10.6 Å². The third-order valence-corrected chi connectivity index (χ3v) is 8.23. The van der Waals surface area contributed by atoms with E-state index in [0.717, 1.165) is 59.3 Å². The van der Waals surface area contributed by atoms with Crippen molar-refractivity contribution in [2.75, 3.05) is 24.6 Å². The molecule has 5 heterocycles. The molecule has 2 saturated heterocycles. The van der Waals surface area contributed by atoms with Gasteiger partial charge in [-0.25, -0.2) is 14.4 Å². The third-order valence-electron chi connectivity index (χ3n) is 7.15. The van der Waals surface area contributed by atoms with Gasteiger partial charge in [-0.1, -0.05) is 11.8 Å². The summed E-state index contributed by atoms with van der Waals surface area (Å²) in [6.45, 7) is 4.59. The zero-order chi connectivity index (χ0) is 22.6. The number of hydrogen-bond donors (Lipinski definition) is 1. The van der Waals surface area contributed by atoms with Crippen LogP contribution in [-0.4, -0.2) is 51.2 Å². The van der Waals surface area contributed by atoms with Crippen LogP contribution in [0.15, 0.2) is 58.8 Å². The Hall–Kier alpha value is -2.75. The van der Waals surface area contributed by atoms with Crippen LogP contribution in [0, 0.1) is 11.2 Å². The predicted molar refractivity (Wildman–Crippen MR) is 126 cm³/mol. The van der Waals surface area contributed by atoms with Crippen LogP contribution >= 0.6 is 11.8 Å². The number of imidazole rings is 1. The van der Waals surface area contributed by atoms with Crippen LogP contribution in [0.2, 0.25) is 0 Å². The predicted octanol–water partition coefficient (Wildman–Crippen LogP) is 3.90. The topological polar surface area (TPSA) is 81.6 Å². The molecule has 2 aliphatic heterocycles. The number of piperidine rings is 1. The molecule has 1 aromatic carbocycles. The number of benzene rings is 1. The van der Waals surface area contributed by atoms with Crippen molar-refractivity contribution in [1.29, 1.82) is 0 Å². The molecule has 1 spiro atoms. The van der Waals surface area contributed by atoms with Gasteiger partial charge in [0.1, 0.15) is 5.82 Å². The first-order valence-electron chi connectivity index (χ1n) is 11.2. The fraction of sp³-hybridized carbons (Fsp3) is 0.375. The number of ether oxygens (including phenoxy) is 1. The highest BCUT2D eigenvalue weighted by atomic mass is 32.2. The van der Waals surface area contributed by atoms with Gasteiger partial charge in [0.25, 0.3) is 0 Å². The average molecular weight is 465 g/mol. The highest BCUT2D eigenvalue weighted by Crippen LogP contribution is 2.42. The molecule has 2 atom stereocenters. The lowest BCUT2D eigenvalue weighted by molar-refractivity contribution is 0.0973. The van der Waals surface area contributed by atoms with Gasteiger partial charge in [-0.05, 0) is 38.0 Å². The van der Waals surface area contributed by atoms with Crippen molar-refractivity contribution < 1.29 is 9.13 Å². The summed E-state index contributed by atoms with van der Waals surface area (Å²) in [6, 6.07) is 6.72. The molecule has 3 aromatic heterocycles. The molecule has 0 aliphatic carbocycles. The van der Waals surface area contributed by atoms with E-state index in [0.29, 0.717) is 5.52 Å². The fourth-order valence-electron chi connectivity index (χ4n) is 5.12. The summed E-state index contributed by atoms with van der Waals surface area (Å²) in [7, 11) is 0. The molecule has 6 rings (SSSR count). The van der Waals surface area contributed by atoms with Crippen LogP contribution in [0.1, 0.15) is 19.8 Å². The van der Waals surface area contributed by atoms with Gasteiger partial charge < -0.3 is 15.4 Å². The first-order valence-corrected chi connectivity index (χ1v) is 12.0. The van der Waals surface area contributed by atoms with E-state index in [1.54, 1.807) is 30.2 Å². The summed E-state index contributed by atoms with van der Waals surface area (Å²) in [5.74, 6) is 0.602. The van der Waals surface area contributed by atoms with Gasteiger partial charge >= 0.3 is 0 Å². The minimum absolute atomic E-state index is 0.0711. The lowest BCUT2D eigenvalue weighted by Gasteiger charge is -2.41. The molecule has 0 radical (unpaired) electrons. The number of nitrogens with zero attached hydrogens (tertiary/aromatic N) is 5. The minimum Gasteiger partial charge on any atom is -0.376 e. The molecule has 2 aliphatic rings. The molecule has 4 aromatic rings. The van der Waals surface area contributed by atoms with Crippen LogP contribution in [0.5, 0.6) is 0 Å². The SMILES string of the molecule is C[C@@H]1OCC2(CCN(c3ncc(Sc4ccnc5cc(F)ccc45)c4nccn34)CC2)[C@@H]1N. The maximum absolute atomic E-state index is 13.6. The highest BCUT2D eigenvalue weighted by Gasteiger charge is 2.47. The van der Waals surface area contributed by atoms with E-state index in [4.69, 9.17) is 15.5 Å². The molecular formula is C24H25FN6OS. The van der Waals surface area contributed by atoms with E-state index >= 15 is 0 Å². The fourth-order valence-corrected chi connectivity index (χ4v) is 6.11. The van der Waals surface area contributed by atoms with Gasteiger partial charge in [-0.15, -0.1) is 0 Å². The van der Waals surface area contributed by atoms with Gasteiger partial charge in [0.15, 0.2) is 5.65 Å². The lowest BCUT2D eigenvalue weighted by atomic mass is 9.73. The Morgan fingerprint density at radius 3 is 2.76 bits per heavy atom. The van der Waals surface area contributed by atoms with Gasteiger partial charge in [0, 0.05) is 65.7 Å². The molecule has 0 unspecified atom stereocenters. The number of fused-ring (bicyclic) bond motifs is 2. The van der Waals surface area contributed by atoms with E-state index in [-0.39, 0.29) is 23.4 Å². The van der Waals surface area contributed by atoms with Crippen molar-refractivity contribution >= 4 is 34.3 Å². The first kappa shape index (κ1) is 20.8. The molecule has 170 valence electrons. The first-order chi connectivity index (χ1) is 16.0. The van der Waals surface area contributed by atoms with Gasteiger partial charge in [-0.2, -0.15) is 0 Å². The molecule has 0 bridgehead atoms. The van der Waals surface area contributed by atoms with Gasteiger partial charge in [-0.3, -0.25) is 9.38 Å². The van der Waals surface area contributed by atoms with Crippen molar-refractivity contribution in [3.63, 3.8) is 0 Å². The highest BCUT2D eigenvalue weighted by molar-refractivity contribution is 7.99. The van der Waals surface area contributed by atoms with Crippen LogP contribution in [0.25, 0.3) is 16.6 Å². The second-order valence-corrected chi connectivity index (χ2v) is 10.1. The van der Waals surface area contributed by atoms with E-state index in [9.17, 15) is 4.39 Å². The Morgan fingerprint density at radius 1 is 1.12 bits per heavy atom. The van der Waals surface area contributed by atoms with Crippen molar-refractivity contribution in [3.8, 4) is 0 Å². The summed E-state index contributed by atoms with van der Waals surface area (Å²) in [5.41, 5.74) is 8.04. The molecule has 0 amide bonds. The second-order valence-electron chi connectivity index (χ2n) is 9.01. The number of halogens is 1. The third kappa shape index (κ3) is 3.46. The van der Waals surface area contributed by atoms with Crippen molar-refractivity contribution in [2.45, 2.75) is 41.7 Å². The largest absolute Gasteiger partial charge is 0.376 e. The van der Waals surface area contributed by atoms with Crippen LogP contribution in [0.3, 0.4) is 0 Å². The summed E-state index contributed by atoms with van der Waals surface area (Å²) in [5, 5.41) is 0.906. The summed E-state index contributed by atoms with van der Waals surface area (Å²) in [6.07, 6.45) is 9.45. The zero-order valence-electron chi connectivity index (χ0n) is 18.3. The molecule has 9 heteroatoms. The van der Waals surface area contributed by atoms with E-state index in [1.807, 2.05) is 18.5 Å². The molecule has 0 saturated carbocycles. The number of aromatic nitrogens is 4. The Bertz CT molecular complexity index is 1340. The minimum atomic E-state index is -0.290. The van der Waals surface area contributed by atoms with Crippen LogP contribution in [-0.2, 0) is 4.74 Å². The molecule has 7 nitrogen and oxygen atoms in total. The quantitative estimate of drug-likeness (QED) is 0.492. The van der Waals surface area contributed by atoms with Crippen LogP contribution in [0.4, 0.5) is 10.3 Å². The monoisotopic (exact) mass is 464 g/mol. The summed E-state index contributed by atoms with van der Waals surface area (Å²) in [4.78, 5) is 18.0. The van der Waals surface area contributed by atoms with E-state index < -0.39 is 0 Å². The zero-order valence-corrected chi connectivity index (χ0v) is 19.1. The number of nitrogens with two attached hydrogens (primary N) is 1. The van der Waals surface area contributed by atoms with Crippen molar-refractivity contribution in [3.05, 3.63) is 54.9 Å². The standard InChI is InChI=1S/C24H25FN6OS/c1-15-21(26)24(14-32-15)5-9-30(10-6-24)23-29-13-20(22-28-8-11-31(22)23)33-19-4-7-27-18-12-16(25)2-3-17(18)19/h2-4,7-8,11-13,15,21H,5-6,9-10,14,26H2,1H3/t15-,21+/m0/s1. The summed E-state index contributed by atoms with van der Waals surface area (Å²) >= 11 is 1.57. The maximum Gasteiger partial charge on any atom is 0.211 e. The lowest BCUT2D eigenvalue weighted by Crippen LogP contribution is -2.51. The second kappa shape index (κ2) is 7.93. The number of rotatable bonds is 3. The molecule has 2 N–H and O–H groups in total. The van der Waals surface area contributed by atoms with E-state index in [1.165, 1.54) is 12.1 Å². The van der Waals surface area contributed by atoms with Gasteiger partial charge in [0.05, 0.1) is 23.1 Å². The number of hydrogen-bond acceptors (Lipinski definition) is 7. The van der Waals surface area contributed by atoms with E-state index in [2.05, 4.69) is 26.2 Å². The smallest absolute Gasteiger partial charge is 0.211 e. The average Bonchev–Trinajstić information content (AvgIpc) is 3.42. The molecular weight excluding hydrogens is 439 g/mol. The molecule has 33 heavy (non-hydrogen) atoms. The Labute approximate surface area is 195 Å². The Balaban J connectivity index is 1.29. The Morgan fingerprint density at radius 2 is 1.97 bits per heavy atom. The van der Waals surface area contributed by atoms with Gasteiger partial charge in [0.2, 0.25) is 5.95 Å². The van der Waals surface area contributed by atoms with Crippen molar-refractivity contribution in [2.24, 2.45) is 11.1 Å².